The van der Waals surface area contributed by atoms with Crippen LogP contribution in [0.25, 0.3) is 0 Å². The van der Waals surface area contributed by atoms with Gasteiger partial charge in [-0.1, -0.05) is 6.07 Å². The first-order valence-corrected chi connectivity index (χ1v) is 10.2. The van der Waals surface area contributed by atoms with Gasteiger partial charge in [0.2, 0.25) is 6.79 Å². The minimum Gasteiger partial charge on any atom is -0.454 e. The van der Waals surface area contributed by atoms with Crippen molar-refractivity contribution in [2.24, 2.45) is 4.99 Å². The second kappa shape index (κ2) is 12.0. The number of benzene rings is 1. The van der Waals surface area contributed by atoms with E-state index in [-0.39, 0.29) is 43.1 Å². The minimum absolute atomic E-state index is 0. The molecule has 0 spiro atoms. The molecule has 0 bridgehead atoms. The molecule has 2 aliphatic rings. The summed E-state index contributed by atoms with van der Waals surface area (Å²) in [6, 6.07) is 6.92. The predicted molar refractivity (Wildman–Crippen MR) is 129 cm³/mol. The molecule has 0 atom stereocenters. The second-order valence-corrected chi connectivity index (χ2v) is 7.06. The largest absolute Gasteiger partial charge is 0.454 e. The van der Waals surface area contributed by atoms with E-state index in [1.165, 1.54) is 6.07 Å². The molecule has 2 N–H and O–H groups in total. The lowest BCUT2D eigenvalue weighted by atomic mass is 10.1. The summed E-state index contributed by atoms with van der Waals surface area (Å²) in [7, 11) is 1.64. The maximum absolute atomic E-state index is 12.8. The lowest BCUT2D eigenvalue weighted by molar-refractivity contribution is -0.0505. The number of anilines is 1. The van der Waals surface area contributed by atoms with Crippen molar-refractivity contribution >= 4 is 35.8 Å². The number of hydrogen-bond donors (Lipinski definition) is 2. The molecule has 2 aliphatic heterocycles. The van der Waals surface area contributed by atoms with E-state index in [4.69, 9.17) is 14.2 Å². The number of aliphatic imine (C=N–C) groups is 1. The number of halogens is 3. The quantitative estimate of drug-likeness (QED) is 0.295. The predicted octanol–water partition coefficient (Wildman–Crippen LogP) is 2.73. The molecular formula is C21H26F2IN5O4. The van der Waals surface area contributed by atoms with Crippen molar-refractivity contribution in [1.82, 2.24) is 15.6 Å². The fourth-order valence-corrected chi connectivity index (χ4v) is 3.52. The van der Waals surface area contributed by atoms with Gasteiger partial charge in [0.25, 0.3) is 0 Å². The first kappa shape index (κ1) is 25.0. The molecule has 0 aliphatic carbocycles. The highest BCUT2D eigenvalue weighted by Crippen LogP contribution is 2.38. The highest BCUT2D eigenvalue weighted by molar-refractivity contribution is 14.0. The van der Waals surface area contributed by atoms with Gasteiger partial charge in [-0.2, -0.15) is 8.78 Å². The number of aromatic nitrogens is 1. The maximum Gasteiger partial charge on any atom is 0.387 e. The Labute approximate surface area is 207 Å². The van der Waals surface area contributed by atoms with Gasteiger partial charge in [-0.3, -0.25) is 4.99 Å². The van der Waals surface area contributed by atoms with Crippen LogP contribution in [0.15, 0.2) is 35.5 Å². The smallest absolute Gasteiger partial charge is 0.387 e. The van der Waals surface area contributed by atoms with Gasteiger partial charge in [-0.15, -0.1) is 24.0 Å². The number of rotatable bonds is 7. The molecule has 1 aromatic carbocycles. The molecule has 9 nitrogen and oxygen atoms in total. The van der Waals surface area contributed by atoms with Crippen LogP contribution in [0, 0.1) is 0 Å². The second-order valence-electron chi connectivity index (χ2n) is 7.06. The Kier molecular flexibility index (Phi) is 9.11. The first-order chi connectivity index (χ1) is 15.6. The third-order valence-corrected chi connectivity index (χ3v) is 5.07. The van der Waals surface area contributed by atoms with Crippen molar-refractivity contribution < 1.29 is 27.7 Å². The van der Waals surface area contributed by atoms with Crippen LogP contribution in [-0.4, -0.2) is 57.7 Å². The lowest BCUT2D eigenvalue weighted by Gasteiger charge is -2.29. The van der Waals surface area contributed by atoms with E-state index in [2.05, 4.69) is 30.2 Å². The molecule has 1 fully saturated rings. The molecule has 0 radical (unpaired) electrons. The number of pyridine rings is 1. The first-order valence-electron chi connectivity index (χ1n) is 10.2. The topological polar surface area (TPSA) is 89.5 Å². The van der Waals surface area contributed by atoms with Gasteiger partial charge in [-0.25, -0.2) is 4.98 Å². The Balaban J connectivity index is 0.00000306. The number of guanidine groups is 1. The summed E-state index contributed by atoms with van der Waals surface area (Å²) in [4.78, 5) is 10.9. The van der Waals surface area contributed by atoms with Crippen molar-refractivity contribution in [3.05, 3.63) is 41.6 Å². The average molecular weight is 577 g/mol. The normalized spacial score (nSPS) is 15.3. The van der Waals surface area contributed by atoms with Gasteiger partial charge in [-0.05, 0) is 12.1 Å². The third-order valence-electron chi connectivity index (χ3n) is 5.07. The molecule has 2 aromatic rings. The van der Waals surface area contributed by atoms with Crippen LogP contribution < -0.4 is 29.7 Å². The summed E-state index contributed by atoms with van der Waals surface area (Å²) >= 11 is 0. The van der Waals surface area contributed by atoms with E-state index in [0.717, 1.165) is 24.5 Å². The molecule has 4 rings (SSSR count). The van der Waals surface area contributed by atoms with Gasteiger partial charge < -0.3 is 34.5 Å². The number of fused-ring (bicyclic) bond motifs is 1. The molecule has 180 valence electrons. The maximum atomic E-state index is 12.8. The summed E-state index contributed by atoms with van der Waals surface area (Å²) in [5.41, 5.74) is 1.51. The SMILES string of the molecule is CN=C(NCc1cc2c(cc1OC(F)F)OCO2)NCc1cccnc1N1CCOCC1.I. The van der Waals surface area contributed by atoms with Crippen LogP contribution >= 0.6 is 24.0 Å². The van der Waals surface area contributed by atoms with Crippen LogP contribution in [0.5, 0.6) is 17.2 Å². The molecule has 0 saturated carbocycles. The number of nitrogens with one attached hydrogen (secondary N) is 2. The van der Waals surface area contributed by atoms with Gasteiger partial charge in [0.05, 0.1) is 13.2 Å². The molecule has 3 heterocycles. The number of alkyl halides is 2. The van der Waals surface area contributed by atoms with Gasteiger partial charge in [0.1, 0.15) is 11.6 Å². The average Bonchev–Trinajstić information content (AvgIpc) is 3.27. The van der Waals surface area contributed by atoms with E-state index in [0.29, 0.717) is 42.8 Å². The van der Waals surface area contributed by atoms with Gasteiger partial charge in [0.15, 0.2) is 17.5 Å². The van der Waals surface area contributed by atoms with Crippen LogP contribution in [0.4, 0.5) is 14.6 Å². The van der Waals surface area contributed by atoms with Crippen molar-refractivity contribution in [3.63, 3.8) is 0 Å². The Hall–Kier alpha value is -2.61. The molecule has 1 aromatic heterocycles. The third kappa shape index (κ3) is 6.47. The van der Waals surface area contributed by atoms with Crippen LogP contribution in [0.3, 0.4) is 0 Å². The molecule has 0 amide bonds. The lowest BCUT2D eigenvalue weighted by Crippen LogP contribution is -2.39. The number of ether oxygens (including phenoxy) is 4. The molecule has 12 heteroatoms. The molecule has 1 saturated heterocycles. The summed E-state index contributed by atoms with van der Waals surface area (Å²) in [5, 5.41) is 6.37. The number of hydrogen-bond acceptors (Lipinski definition) is 7. The van der Waals surface area contributed by atoms with E-state index >= 15 is 0 Å². The monoisotopic (exact) mass is 577 g/mol. The van der Waals surface area contributed by atoms with E-state index in [1.54, 1.807) is 19.3 Å². The standard InChI is InChI=1S/C21H25F2N5O4.HI/c1-24-21(26-11-14-3-2-4-25-19(14)28-5-7-29-8-6-28)27-12-15-9-17-18(31-13-30-17)10-16(15)32-20(22)23;/h2-4,9-10,20H,5-8,11-13H2,1H3,(H2,24,26,27);1H. The highest BCUT2D eigenvalue weighted by atomic mass is 127. The van der Waals surface area contributed by atoms with Gasteiger partial charge >= 0.3 is 6.61 Å². The summed E-state index contributed by atoms with van der Waals surface area (Å²) in [6.07, 6.45) is 1.77. The summed E-state index contributed by atoms with van der Waals surface area (Å²) in [5.74, 6) is 2.29. The Bertz CT molecular complexity index is 960. The fourth-order valence-electron chi connectivity index (χ4n) is 3.52. The van der Waals surface area contributed by atoms with Crippen LogP contribution in [-0.2, 0) is 17.8 Å². The Morgan fingerprint density at radius 1 is 1.15 bits per heavy atom. The zero-order valence-electron chi connectivity index (χ0n) is 18.1. The fraction of sp³-hybridized carbons (Fsp3) is 0.429. The number of nitrogens with zero attached hydrogens (tertiary/aromatic N) is 3. The highest BCUT2D eigenvalue weighted by Gasteiger charge is 2.20. The molecule has 0 unspecified atom stereocenters. The zero-order chi connectivity index (χ0) is 22.3. The molecule has 33 heavy (non-hydrogen) atoms. The van der Waals surface area contributed by atoms with E-state index in [1.807, 2.05) is 12.1 Å². The van der Waals surface area contributed by atoms with E-state index < -0.39 is 6.61 Å². The Morgan fingerprint density at radius 2 is 1.85 bits per heavy atom. The van der Waals surface area contributed by atoms with Crippen LogP contribution in [0.2, 0.25) is 0 Å². The zero-order valence-corrected chi connectivity index (χ0v) is 20.4. The van der Waals surface area contributed by atoms with Crippen molar-refractivity contribution in [1.29, 1.82) is 0 Å². The van der Waals surface area contributed by atoms with Gasteiger partial charge in [0, 0.05) is 56.6 Å². The summed E-state index contributed by atoms with van der Waals surface area (Å²) < 4.78 is 46.4. The minimum atomic E-state index is -2.95. The van der Waals surface area contributed by atoms with Crippen molar-refractivity contribution in [2.75, 3.05) is 45.0 Å². The van der Waals surface area contributed by atoms with Crippen molar-refractivity contribution in [2.45, 2.75) is 19.7 Å². The van der Waals surface area contributed by atoms with Crippen molar-refractivity contribution in [3.8, 4) is 17.2 Å². The van der Waals surface area contributed by atoms with E-state index in [9.17, 15) is 8.78 Å². The summed E-state index contributed by atoms with van der Waals surface area (Å²) in [6.45, 7) is 0.693. The Morgan fingerprint density at radius 3 is 2.55 bits per heavy atom. The number of morpholine rings is 1. The molecular weight excluding hydrogens is 551 g/mol. The van der Waals surface area contributed by atoms with Crippen LogP contribution in [0.1, 0.15) is 11.1 Å².